The lowest BCUT2D eigenvalue weighted by molar-refractivity contribution is 0.103. The molecule has 0 saturated carbocycles. The molecule has 0 aliphatic heterocycles. The molecule has 4 heteroatoms. The van der Waals surface area contributed by atoms with Gasteiger partial charge in [-0.1, -0.05) is 42.5 Å². The molecule has 22 heavy (non-hydrogen) atoms. The molecule has 0 radical (unpaired) electrons. The number of phenols is 1. The van der Waals surface area contributed by atoms with E-state index in [0.717, 1.165) is 5.56 Å². The van der Waals surface area contributed by atoms with E-state index in [1.165, 1.54) is 12.3 Å². The SMILES string of the molecule is O=C(c1c[nH]c(=O)c(-c2ccccc2)c1)c1ccccc1O. The number of H-pyrrole nitrogens is 1. The average Bonchev–Trinajstić information content (AvgIpc) is 2.56. The van der Waals surface area contributed by atoms with Crippen molar-refractivity contribution in [1.29, 1.82) is 0 Å². The summed E-state index contributed by atoms with van der Waals surface area (Å²) in [4.78, 5) is 27.0. The Morgan fingerprint density at radius 2 is 1.64 bits per heavy atom. The molecular weight excluding hydrogens is 278 g/mol. The van der Waals surface area contributed by atoms with E-state index >= 15 is 0 Å². The van der Waals surface area contributed by atoms with E-state index in [-0.39, 0.29) is 22.7 Å². The Morgan fingerprint density at radius 3 is 2.36 bits per heavy atom. The van der Waals surface area contributed by atoms with Crippen molar-refractivity contribution in [2.24, 2.45) is 0 Å². The van der Waals surface area contributed by atoms with Gasteiger partial charge in [-0.05, 0) is 23.8 Å². The number of carbonyl (C=O) groups is 1. The fourth-order valence-electron chi connectivity index (χ4n) is 2.27. The molecule has 1 heterocycles. The molecule has 0 bridgehead atoms. The lowest BCUT2D eigenvalue weighted by atomic mass is 10.0. The third-order valence-corrected chi connectivity index (χ3v) is 3.40. The summed E-state index contributed by atoms with van der Waals surface area (Å²) in [5.41, 5.74) is 1.41. The van der Waals surface area contributed by atoms with Gasteiger partial charge < -0.3 is 10.1 Å². The van der Waals surface area contributed by atoms with Gasteiger partial charge in [0, 0.05) is 17.3 Å². The van der Waals surface area contributed by atoms with Gasteiger partial charge in [0.15, 0.2) is 5.78 Å². The van der Waals surface area contributed by atoms with Crippen molar-refractivity contribution in [2.75, 3.05) is 0 Å². The number of phenolic OH excluding ortho intramolecular Hbond substituents is 1. The molecule has 0 unspecified atom stereocenters. The highest BCUT2D eigenvalue weighted by molar-refractivity contribution is 6.10. The Morgan fingerprint density at radius 1 is 0.955 bits per heavy atom. The van der Waals surface area contributed by atoms with Crippen LogP contribution in [0.15, 0.2) is 71.7 Å². The molecular formula is C18H13NO3. The van der Waals surface area contributed by atoms with Crippen molar-refractivity contribution in [3.05, 3.63) is 88.3 Å². The predicted octanol–water partition coefficient (Wildman–Crippen LogP) is 2.98. The van der Waals surface area contributed by atoms with Gasteiger partial charge in [-0.2, -0.15) is 0 Å². The lowest BCUT2D eigenvalue weighted by Crippen LogP contribution is -2.12. The molecule has 0 spiro atoms. The van der Waals surface area contributed by atoms with Crippen LogP contribution >= 0.6 is 0 Å². The number of rotatable bonds is 3. The quantitative estimate of drug-likeness (QED) is 0.729. The van der Waals surface area contributed by atoms with Crippen LogP contribution in [-0.4, -0.2) is 15.9 Å². The van der Waals surface area contributed by atoms with E-state index < -0.39 is 0 Å². The highest BCUT2D eigenvalue weighted by Crippen LogP contribution is 2.21. The van der Waals surface area contributed by atoms with Crippen LogP contribution in [0.2, 0.25) is 0 Å². The molecule has 3 aromatic rings. The van der Waals surface area contributed by atoms with E-state index in [1.54, 1.807) is 36.4 Å². The number of hydrogen-bond donors (Lipinski definition) is 2. The molecule has 2 N–H and O–H groups in total. The van der Waals surface area contributed by atoms with Crippen LogP contribution in [0.25, 0.3) is 11.1 Å². The van der Waals surface area contributed by atoms with E-state index in [0.29, 0.717) is 11.1 Å². The summed E-state index contributed by atoms with van der Waals surface area (Å²) in [5, 5.41) is 9.79. The summed E-state index contributed by atoms with van der Waals surface area (Å²) in [5.74, 6) is -0.425. The maximum atomic E-state index is 12.5. The molecule has 3 rings (SSSR count). The second-order valence-electron chi connectivity index (χ2n) is 4.84. The molecule has 0 atom stereocenters. The Kier molecular flexibility index (Phi) is 3.58. The molecule has 0 amide bonds. The largest absolute Gasteiger partial charge is 0.507 e. The number of aromatic hydroxyl groups is 1. The van der Waals surface area contributed by atoms with Crippen LogP contribution in [0, 0.1) is 0 Å². The van der Waals surface area contributed by atoms with Crippen LogP contribution in [0.3, 0.4) is 0 Å². The molecule has 4 nitrogen and oxygen atoms in total. The standard InChI is InChI=1S/C18H13NO3/c20-16-9-5-4-8-14(16)17(21)13-10-15(18(22)19-11-13)12-6-2-1-3-7-12/h1-11,20H,(H,19,22). The Bertz CT molecular complexity index is 882. The maximum absolute atomic E-state index is 12.5. The molecule has 0 aliphatic rings. The van der Waals surface area contributed by atoms with Gasteiger partial charge in [-0.25, -0.2) is 0 Å². The lowest BCUT2D eigenvalue weighted by Gasteiger charge is -2.06. The fourth-order valence-corrected chi connectivity index (χ4v) is 2.27. The first-order chi connectivity index (χ1) is 10.7. The van der Waals surface area contributed by atoms with Crippen LogP contribution in [0.4, 0.5) is 0 Å². The van der Waals surface area contributed by atoms with Crippen LogP contribution < -0.4 is 5.56 Å². The van der Waals surface area contributed by atoms with Crippen molar-refractivity contribution in [3.8, 4) is 16.9 Å². The zero-order chi connectivity index (χ0) is 15.5. The average molecular weight is 291 g/mol. The van der Waals surface area contributed by atoms with Gasteiger partial charge in [-0.3, -0.25) is 9.59 Å². The summed E-state index contributed by atoms with van der Waals surface area (Å²) >= 11 is 0. The minimum absolute atomic E-state index is 0.0834. The zero-order valence-electron chi connectivity index (χ0n) is 11.6. The Balaban J connectivity index is 2.09. The number of carbonyl (C=O) groups excluding carboxylic acids is 1. The second-order valence-corrected chi connectivity index (χ2v) is 4.84. The number of pyridine rings is 1. The normalized spacial score (nSPS) is 10.4. The number of para-hydroxylation sites is 1. The van der Waals surface area contributed by atoms with Crippen LogP contribution in [-0.2, 0) is 0 Å². The minimum atomic E-state index is -0.341. The number of aromatic amines is 1. The highest BCUT2D eigenvalue weighted by Gasteiger charge is 2.15. The van der Waals surface area contributed by atoms with Crippen molar-refractivity contribution in [2.45, 2.75) is 0 Å². The van der Waals surface area contributed by atoms with Crippen LogP contribution in [0.5, 0.6) is 5.75 Å². The number of nitrogens with one attached hydrogen (secondary N) is 1. The first-order valence-corrected chi connectivity index (χ1v) is 6.77. The second kappa shape index (κ2) is 5.69. The fraction of sp³-hybridized carbons (Fsp3) is 0. The zero-order valence-corrected chi connectivity index (χ0v) is 11.6. The Labute approximate surface area is 126 Å². The van der Waals surface area contributed by atoms with Gasteiger partial charge in [0.05, 0.1) is 5.56 Å². The summed E-state index contributed by atoms with van der Waals surface area (Å²) in [6.45, 7) is 0. The number of ketones is 1. The van der Waals surface area contributed by atoms with Crippen LogP contribution in [0.1, 0.15) is 15.9 Å². The van der Waals surface area contributed by atoms with E-state index in [4.69, 9.17) is 0 Å². The van der Waals surface area contributed by atoms with Gasteiger partial charge in [0.2, 0.25) is 0 Å². The van der Waals surface area contributed by atoms with Crippen molar-refractivity contribution in [1.82, 2.24) is 4.98 Å². The van der Waals surface area contributed by atoms with E-state index in [2.05, 4.69) is 4.98 Å². The summed E-state index contributed by atoms with van der Waals surface area (Å²) < 4.78 is 0. The molecule has 2 aromatic carbocycles. The highest BCUT2D eigenvalue weighted by atomic mass is 16.3. The van der Waals surface area contributed by atoms with Crippen molar-refractivity contribution < 1.29 is 9.90 Å². The maximum Gasteiger partial charge on any atom is 0.255 e. The number of hydrogen-bond acceptors (Lipinski definition) is 3. The topological polar surface area (TPSA) is 70.2 Å². The first-order valence-electron chi connectivity index (χ1n) is 6.77. The molecule has 0 saturated heterocycles. The molecule has 0 aliphatic carbocycles. The number of aromatic nitrogens is 1. The van der Waals surface area contributed by atoms with E-state index in [1.807, 2.05) is 18.2 Å². The van der Waals surface area contributed by atoms with Gasteiger partial charge in [0.25, 0.3) is 5.56 Å². The first kappa shape index (κ1) is 13.8. The third-order valence-electron chi connectivity index (χ3n) is 3.40. The number of benzene rings is 2. The molecule has 108 valence electrons. The minimum Gasteiger partial charge on any atom is -0.507 e. The molecule has 1 aromatic heterocycles. The van der Waals surface area contributed by atoms with Gasteiger partial charge in [0.1, 0.15) is 5.75 Å². The monoisotopic (exact) mass is 291 g/mol. The summed E-state index contributed by atoms with van der Waals surface area (Å²) in [6, 6.07) is 17.0. The van der Waals surface area contributed by atoms with E-state index in [9.17, 15) is 14.7 Å². The summed E-state index contributed by atoms with van der Waals surface area (Å²) in [7, 11) is 0. The third kappa shape index (κ3) is 2.54. The summed E-state index contributed by atoms with van der Waals surface area (Å²) in [6.07, 6.45) is 1.36. The van der Waals surface area contributed by atoms with Gasteiger partial charge in [-0.15, -0.1) is 0 Å². The smallest absolute Gasteiger partial charge is 0.255 e. The van der Waals surface area contributed by atoms with Crippen molar-refractivity contribution in [3.63, 3.8) is 0 Å². The van der Waals surface area contributed by atoms with Gasteiger partial charge >= 0.3 is 0 Å². The Hall–Kier alpha value is -3.14. The predicted molar refractivity (Wildman–Crippen MR) is 84.0 cm³/mol. The van der Waals surface area contributed by atoms with Crippen molar-refractivity contribution >= 4 is 5.78 Å². The molecule has 0 fully saturated rings.